The fraction of sp³-hybridized carbons (Fsp3) is 0.778. The molecule has 1 heterocycles. The normalized spacial score (nSPS) is 12.9. The lowest BCUT2D eigenvalue weighted by molar-refractivity contribution is 0.570. The molecule has 1 aromatic heterocycles. The van der Waals surface area contributed by atoms with Gasteiger partial charge in [-0.05, 0) is 32.4 Å². The second kappa shape index (κ2) is 4.25. The standard InChI is InChI=1S/C9H18N4/c1-5-6-7(2)11-13-9(4)8(3)10-12-13/h7,11H,5-6H2,1-4H3. The lowest BCUT2D eigenvalue weighted by Crippen LogP contribution is -2.27. The summed E-state index contributed by atoms with van der Waals surface area (Å²) in [7, 11) is 0. The number of aryl methyl sites for hydroxylation is 1. The number of rotatable bonds is 4. The van der Waals surface area contributed by atoms with E-state index < -0.39 is 0 Å². The van der Waals surface area contributed by atoms with E-state index in [4.69, 9.17) is 0 Å². The number of aromatic nitrogens is 3. The van der Waals surface area contributed by atoms with Crippen LogP contribution in [0.25, 0.3) is 0 Å². The van der Waals surface area contributed by atoms with Gasteiger partial charge in [0.2, 0.25) is 0 Å². The third-order valence-electron chi connectivity index (χ3n) is 2.19. The Morgan fingerprint density at radius 3 is 2.62 bits per heavy atom. The molecular weight excluding hydrogens is 164 g/mol. The van der Waals surface area contributed by atoms with Crippen LogP contribution in [0.3, 0.4) is 0 Å². The van der Waals surface area contributed by atoms with Crippen LogP contribution in [0.15, 0.2) is 0 Å². The molecule has 1 rings (SSSR count). The first kappa shape index (κ1) is 10.0. The molecule has 1 N–H and O–H groups in total. The highest BCUT2D eigenvalue weighted by atomic mass is 15.6. The molecule has 0 aliphatic rings. The topological polar surface area (TPSA) is 42.7 Å². The van der Waals surface area contributed by atoms with Gasteiger partial charge in [-0.25, -0.2) is 0 Å². The van der Waals surface area contributed by atoms with Gasteiger partial charge in [-0.2, -0.15) is 4.79 Å². The Bertz CT molecular complexity index is 267. The van der Waals surface area contributed by atoms with E-state index in [9.17, 15) is 0 Å². The summed E-state index contributed by atoms with van der Waals surface area (Å²) in [5.41, 5.74) is 5.34. The number of nitrogens with zero attached hydrogens (tertiary/aromatic N) is 3. The predicted octanol–water partition coefficient (Wildman–Crippen LogP) is 1.63. The maximum Gasteiger partial charge on any atom is 0.0847 e. The second-order valence-electron chi connectivity index (χ2n) is 3.49. The Hall–Kier alpha value is -1.06. The number of hydrogen-bond donors (Lipinski definition) is 1. The lowest BCUT2D eigenvalue weighted by atomic mass is 10.2. The smallest absolute Gasteiger partial charge is 0.0847 e. The van der Waals surface area contributed by atoms with E-state index in [0.29, 0.717) is 6.04 Å². The summed E-state index contributed by atoms with van der Waals surface area (Å²) in [4.78, 5) is 1.76. The van der Waals surface area contributed by atoms with Gasteiger partial charge < -0.3 is 5.43 Å². The molecule has 1 aromatic rings. The van der Waals surface area contributed by atoms with Crippen molar-refractivity contribution in [2.45, 2.75) is 46.6 Å². The Balaban J connectivity index is 2.58. The molecule has 0 spiro atoms. The van der Waals surface area contributed by atoms with E-state index in [-0.39, 0.29) is 0 Å². The predicted molar refractivity (Wildman–Crippen MR) is 53.2 cm³/mol. The average molecular weight is 182 g/mol. The van der Waals surface area contributed by atoms with Crippen LogP contribution in [0.4, 0.5) is 0 Å². The summed E-state index contributed by atoms with van der Waals surface area (Å²) >= 11 is 0. The zero-order chi connectivity index (χ0) is 9.84. The molecule has 0 amide bonds. The molecule has 1 atom stereocenters. The van der Waals surface area contributed by atoms with Crippen LogP contribution >= 0.6 is 0 Å². The molecular formula is C9H18N4. The van der Waals surface area contributed by atoms with Gasteiger partial charge in [0.25, 0.3) is 0 Å². The van der Waals surface area contributed by atoms with Crippen LogP contribution in [0.5, 0.6) is 0 Å². The molecule has 74 valence electrons. The minimum absolute atomic E-state index is 0.449. The fourth-order valence-electron chi connectivity index (χ4n) is 1.23. The van der Waals surface area contributed by atoms with E-state index in [1.165, 1.54) is 6.42 Å². The highest BCUT2D eigenvalue weighted by Gasteiger charge is 2.05. The van der Waals surface area contributed by atoms with Crippen LogP contribution in [0.2, 0.25) is 0 Å². The van der Waals surface area contributed by atoms with Gasteiger partial charge >= 0.3 is 0 Å². The van der Waals surface area contributed by atoms with Gasteiger partial charge in [0.15, 0.2) is 0 Å². The quantitative estimate of drug-likeness (QED) is 0.769. The highest BCUT2D eigenvalue weighted by molar-refractivity contribution is 5.06. The maximum atomic E-state index is 3.99. The lowest BCUT2D eigenvalue weighted by Gasteiger charge is -2.14. The van der Waals surface area contributed by atoms with Crippen molar-refractivity contribution in [2.75, 3.05) is 5.43 Å². The first-order valence-electron chi connectivity index (χ1n) is 4.80. The summed E-state index contributed by atoms with van der Waals surface area (Å²) in [5, 5.41) is 7.97. The minimum Gasteiger partial charge on any atom is -0.306 e. The summed E-state index contributed by atoms with van der Waals surface area (Å²) in [5.74, 6) is 0. The SMILES string of the molecule is CCCC(C)Nn1nnc(C)c1C. The third-order valence-corrected chi connectivity index (χ3v) is 2.19. The largest absolute Gasteiger partial charge is 0.306 e. The first-order chi connectivity index (χ1) is 6.15. The molecule has 0 saturated carbocycles. The van der Waals surface area contributed by atoms with Crippen molar-refractivity contribution in [3.05, 3.63) is 11.4 Å². The third kappa shape index (κ3) is 2.44. The Labute approximate surface area is 79.3 Å². The zero-order valence-electron chi connectivity index (χ0n) is 8.83. The van der Waals surface area contributed by atoms with Gasteiger partial charge in [0, 0.05) is 6.04 Å². The molecule has 0 bridgehead atoms. The van der Waals surface area contributed by atoms with Crippen LogP contribution in [0, 0.1) is 13.8 Å². The van der Waals surface area contributed by atoms with Gasteiger partial charge in [0.1, 0.15) is 0 Å². The Morgan fingerprint density at radius 1 is 1.46 bits per heavy atom. The van der Waals surface area contributed by atoms with E-state index >= 15 is 0 Å². The van der Waals surface area contributed by atoms with Crippen molar-refractivity contribution >= 4 is 0 Å². The minimum atomic E-state index is 0.449. The van der Waals surface area contributed by atoms with Crippen molar-refractivity contribution in [3.63, 3.8) is 0 Å². The maximum absolute atomic E-state index is 3.99. The summed E-state index contributed by atoms with van der Waals surface area (Å²) < 4.78 is 0. The van der Waals surface area contributed by atoms with Crippen molar-refractivity contribution in [3.8, 4) is 0 Å². The van der Waals surface area contributed by atoms with E-state index in [1.54, 1.807) is 4.79 Å². The van der Waals surface area contributed by atoms with E-state index in [2.05, 4.69) is 29.6 Å². The summed E-state index contributed by atoms with van der Waals surface area (Å²) in [6.45, 7) is 8.31. The summed E-state index contributed by atoms with van der Waals surface area (Å²) in [6, 6.07) is 0.449. The molecule has 0 saturated heterocycles. The zero-order valence-corrected chi connectivity index (χ0v) is 8.83. The Kier molecular flexibility index (Phi) is 3.28. The number of hydrogen-bond acceptors (Lipinski definition) is 3. The molecule has 13 heavy (non-hydrogen) atoms. The highest BCUT2D eigenvalue weighted by Crippen LogP contribution is 2.01. The summed E-state index contributed by atoms with van der Waals surface area (Å²) in [6.07, 6.45) is 2.33. The first-order valence-corrected chi connectivity index (χ1v) is 4.80. The van der Waals surface area contributed by atoms with Crippen LogP contribution in [-0.2, 0) is 0 Å². The molecule has 1 unspecified atom stereocenters. The van der Waals surface area contributed by atoms with Crippen molar-refractivity contribution in [2.24, 2.45) is 0 Å². The van der Waals surface area contributed by atoms with Crippen molar-refractivity contribution < 1.29 is 0 Å². The second-order valence-corrected chi connectivity index (χ2v) is 3.49. The number of nitrogens with one attached hydrogen (secondary N) is 1. The van der Waals surface area contributed by atoms with Crippen LogP contribution in [0.1, 0.15) is 38.1 Å². The van der Waals surface area contributed by atoms with Crippen molar-refractivity contribution in [1.29, 1.82) is 0 Å². The molecule has 4 heteroatoms. The molecule has 0 aliphatic carbocycles. The molecule has 0 aromatic carbocycles. The van der Waals surface area contributed by atoms with E-state index in [0.717, 1.165) is 17.8 Å². The van der Waals surface area contributed by atoms with Crippen LogP contribution in [-0.4, -0.2) is 21.1 Å². The van der Waals surface area contributed by atoms with Gasteiger partial charge in [0.05, 0.1) is 11.4 Å². The van der Waals surface area contributed by atoms with Gasteiger partial charge in [-0.15, -0.1) is 5.10 Å². The fourth-order valence-corrected chi connectivity index (χ4v) is 1.23. The van der Waals surface area contributed by atoms with E-state index in [1.807, 2.05) is 13.8 Å². The average Bonchev–Trinajstić information content (AvgIpc) is 2.37. The molecule has 0 radical (unpaired) electrons. The van der Waals surface area contributed by atoms with Crippen molar-refractivity contribution in [1.82, 2.24) is 15.1 Å². The molecule has 0 fully saturated rings. The van der Waals surface area contributed by atoms with Crippen LogP contribution < -0.4 is 5.43 Å². The van der Waals surface area contributed by atoms with Gasteiger partial charge in [-0.3, -0.25) is 0 Å². The Morgan fingerprint density at radius 2 is 2.15 bits per heavy atom. The molecule has 4 nitrogen and oxygen atoms in total. The molecule has 0 aliphatic heterocycles. The van der Waals surface area contributed by atoms with Gasteiger partial charge in [-0.1, -0.05) is 13.3 Å². The monoisotopic (exact) mass is 182 g/mol.